The first-order chi connectivity index (χ1) is 13.5. The first kappa shape index (κ1) is 20.0. The Morgan fingerprint density at radius 3 is 2.64 bits per heavy atom. The fourth-order valence-electron chi connectivity index (χ4n) is 2.82. The Balaban J connectivity index is 1.38. The van der Waals surface area contributed by atoms with Crippen LogP contribution in [0.1, 0.15) is 5.69 Å². The normalized spacial score (nSPS) is 16.5. The Hall–Kier alpha value is -1.30. The summed E-state index contributed by atoms with van der Waals surface area (Å²) < 4.78 is 27.0. The van der Waals surface area contributed by atoms with E-state index in [0.29, 0.717) is 18.8 Å². The maximum absolute atomic E-state index is 12.8. The summed E-state index contributed by atoms with van der Waals surface area (Å²) in [6.07, 6.45) is 1.47. The monoisotopic (exact) mass is 452 g/mol. The first-order valence-corrected chi connectivity index (χ1v) is 13.0. The molecule has 1 fully saturated rings. The van der Waals surface area contributed by atoms with Crippen molar-refractivity contribution in [1.82, 2.24) is 19.2 Å². The second-order valence-corrected chi connectivity index (χ2v) is 11.1. The maximum Gasteiger partial charge on any atom is 0.244 e. The number of likely N-dealkylation sites (N-methyl/N-ethyl adjacent to an activating group) is 1. The van der Waals surface area contributed by atoms with E-state index in [1.165, 1.54) is 10.5 Å². The van der Waals surface area contributed by atoms with E-state index in [1.807, 2.05) is 12.4 Å². The third kappa shape index (κ3) is 4.47. The van der Waals surface area contributed by atoms with Crippen LogP contribution in [0, 0.1) is 0 Å². The van der Waals surface area contributed by atoms with E-state index in [2.05, 4.69) is 31.7 Å². The van der Waals surface area contributed by atoms with Crippen LogP contribution in [0.15, 0.2) is 50.5 Å². The summed E-state index contributed by atoms with van der Waals surface area (Å²) >= 11 is 4.86. The van der Waals surface area contributed by atoms with E-state index >= 15 is 0 Å². The molecular formula is C18H20N4O2S4. The molecule has 4 heterocycles. The lowest BCUT2D eigenvalue weighted by atomic mass is 10.4. The van der Waals surface area contributed by atoms with E-state index in [9.17, 15) is 8.42 Å². The molecule has 1 aliphatic rings. The molecule has 0 saturated carbocycles. The molecule has 0 atom stereocenters. The number of thiazole rings is 1. The van der Waals surface area contributed by atoms with Gasteiger partial charge in [-0.25, -0.2) is 18.4 Å². The molecule has 10 heteroatoms. The predicted octanol–water partition coefficient (Wildman–Crippen LogP) is 3.50. The zero-order valence-corrected chi connectivity index (χ0v) is 18.6. The molecule has 1 aliphatic heterocycles. The topological polar surface area (TPSA) is 66.4 Å². The number of thiophene rings is 1. The lowest BCUT2D eigenvalue weighted by Gasteiger charge is -2.31. The van der Waals surface area contributed by atoms with Gasteiger partial charge in [0.2, 0.25) is 10.0 Å². The standard InChI is InChI=1S/C18H20N4O2S4/c1-21-5-7-22(8-6-21)28(23,24)16-2-3-17(19-10-16)26-12-15-13-27-18(20-15)14-4-9-25-11-14/h2-4,9-11,13H,5-8,12H2,1H3. The van der Waals surface area contributed by atoms with Gasteiger partial charge in [0.15, 0.2) is 0 Å². The smallest absolute Gasteiger partial charge is 0.244 e. The summed E-state index contributed by atoms with van der Waals surface area (Å²) in [4.78, 5) is 11.4. The molecule has 0 aromatic carbocycles. The van der Waals surface area contributed by atoms with Crippen LogP contribution in [0.25, 0.3) is 10.6 Å². The Bertz CT molecular complexity index is 1010. The number of piperazine rings is 1. The van der Waals surface area contributed by atoms with Gasteiger partial charge in [-0.1, -0.05) is 0 Å². The molecule has 0 radical (unpaired) electrons. The molecule has 3 aromatic heterocycles. The molecule has 4 rings (SSSR count). The zero-order chi connectivity index (χ0) is 19.6. The van der Waals surface area contributed by atoms with Crippen LogP contribution >= 0.6 is 34.4 Å². The van der Waals surface area contributed by atoms with Crippen molar-refractivity contribution in [2.45, 2.75) is 15.7 Å². The van der Waals surface area contributed by atoms with Gasteiger partial charge in [0, 0.05) is 54.5 Å². The molecule has 0 spiro atoms. The van der Waals surface area contributed by atoms with Crippen molar-refractivity contribution in [3.63, 3.8) is 0 Å². The number of pyridine rings is 1. The lowest BCUT2D eigenvalue weighted by molar-refractivity contribution is 0.222. The Morgan fingerprint density at radius 1 is 1.14 bits per heavy atom. The van der Waals surface area contributed by atoms with Gasteiger partial charge in [0.1, 0.15) is 9.90 Å². The molecule has 0 N–H and O–H groups in total. The fourth-order valence-corrected chi connectivity index (χ4v) is 6.56. The van der Waals surface area contributed by atoms with E-state index in [1.54, 1.807) is 46.6 Å². The number of sulfonamides is 1. The highest BCUT2D eigenvalue weighted by atomic mass is 32.2. The largest absolute Gasteiger partial charge is 0.304 e. The molecule has 28 heavy (non-hydrogen) atoms. The molecule has 148 valence electrons. The van der Waals surface area contributed by atoms with Crippen LogP contribution < -0.4 is 0 Å². The maximum atomic E-state index is 12.8. The highest BCUT2D eigenvalue weighted by Crippen LogP contribution is 2.29. The minimum absolute atomic E-state index is 0.259. The van der Waals surface area contributed by atoms with Gasteiger partial charge in [-0.15, -0.1) is 23.1 Å². The molecule has 0 aliphatic carbocycles. The van der Waals surface area contributed by atoms with Gasteiger partial charge in [-0.3, -0.25) is 0 Å². The van der Waals surface area contributed by atoms with E-state index < -0.39 is 10.0 Å². The molecule has 0 bridgehead atoms. The van der Waals surface area contributed by atoms with Crippen LogP contribution in [-0.2, 0) is 15.8 Å². The number of hydrogen-bond donors (Lipinski definition) is 0. The van der Waals surface area contributed by atoms with Crippen molar-refractivity contribution >= 4 is 44.5 Å². The van der Waals surface area contributed by atoms with E-state index in [0.717, 1.165) is 34.4 Å². The fraction of sp³-hybridized carbons (Fsp3) is 0.333. The molecule has 3 aromatic rings. The second-order valence-electron chi connectivity index (χ2n) is 6.48. The molecule has 0 amide bonds. The van der Waals surface area contributed by atoms with Gasteiger partial charge in [0.25, 0.3) is 0 Å². The Labute approximate surface area is 177 Å². The second kappa shape index (κ2) is 8.60. The molecule has 1 saturated heterocycles. The van der Waals surface area contributed by atoms with Gasteiger partial charge in [-0.2, -0.15) is 15.6 Å². The third-order valence-electron chi connectivity index (χ3n) is 4.50. The Morgan fingerprint density at radius 2 is 1.96 bits per heavy atom. The Kier molecular flexibility index (Phi) is 6.14. The quantitative estimate of drug-likeness (QED) is 0.534. The number of nitrogens with zero attached hydrogens (tertiary/aromatic N) is 4. The number of rotatable bonds is 6. The predicted molar refractivity (Wildman–Crippen MR) is 115 cm³/mol. The summed E-state index contributed by atoms with van der Waals surface area (Å²) in [6.45, 7) is 2.54. The van der Waals surface area contributed by atoms with Crippen LogP contribution in [-0.4, -0.2) is 60.8 Å². The van der Waals surface area contributed by atoms with Crippen molar-refractivity contribution in [1.29, 1.82) is 0 Å². The minimum Gasteiger partial charge on any atom is -0.304 e. The average Bonchev–Trinajstić information content (AvgIpc) is 3.39. The SMILES string of the molecule is CN1CCN(S(=O)(=O)c2ccc(SCc3csc(-c4ccsc4)n3)nc2)CC1. The number of thioether (sulfide) groups is 1. The molecule has 0 unspecified atom stereocenters. The van der Waals surface area contributed by atoms with Crippen LogP contribution in [0.4, 0.5) is 0 Å². The zero-order valence-electron chi connectivity index (χ0n) is 15.3. The summed E-state index contributed by atoms with van der Waals surface area (Å²) in [5, 5.41) is 8.02. The van der Waals surface area contributed by atoms with Crippen molar-refractivity contribution in [3.8, 4) is 10.6 Å². The van der Waals surface area contributed by atoms with Gasteiger partial charge in [0.05, 0.1) is 10.7 Å². The van der Waals surface area contributed by atoms with E-state index in [-0.39, 0.29) is 4.90 Å². The van der Waals surface area contributed by atoms with E-state index in [4.69, 9.17) is 0 Å². The van der Waals surface area contributed by atoms with Crippen molar-refractivity contribution in [2.75, 3.05) is 33.2 Å². The average molecular weight is 453 g/mol. The van der Waals surface area contributed by atoms with Crippen molar-refractivity contribution in [2.24, 2.45) is 0 Å². The molecule has 6 nitrogen and oxygen atoms in total. The summed E-state index contributed by atoms with van der Waals surface area (Å²) in [5.74, 6) is 0.707. The third-order valence-corrected chi connectivity index (χ3v) is 8.98. The highest BCUT2D eigenvalue weighted by Gasteiger charge is 2.27. The summed E-state index contributed by atoms with van der Waals surface area (Å²) in [7, 11) is -1.46. The van der Waals surface area contributed by atoms with Crippen LogP contribution in [0.2, 0.25) is 0 Å². The number of hydrogen-bond acceptors (Lipinski definition) is 8. The summed E-state index contributed by atoms with van der Waals surface area (Å²) in [6, 6.07) is 5.50. The number of aromatic nitrogens is 2. The first-order valence-electron chi connectivity index (χ1n) is 8.77. The van der Waals surface area contributed by atoms with Crippen LogP contribution in [0.5, 0.6) is 0 Å². The van der Waals surface area contributed by atoms with Gasteiger partial charge >= 0.3 is 0 Å². The highest BCUT2D eigenvalue weighted by molar-refractivity contribution is 7.98. The van der Waals surface area contributed by atoms with Gasteiger partial charge in [-0.05, 0) is 30.6 Å². The van der Waals surface area contributed by atoms with Gasteiger partial charge < -0.3 is 4.90 Å². The lowest BCUT2D eigenvalue weighted by Crippen LogP contribution is -2.47. The minimum atomic E-state index is -3.47. The summed E-state index contributed by atoms with van der Waals surface area (Å²) in [5.41, 5.74) is 2.16. The molecular weight excluding hydrogens is 432 g/mol. The van der Waals surface area contributed by atoms with Crippen molar-refractivity contribution in [3.05, 3.63) is 46.2 Å². The van der Waals surface area contributed by atoms with Crippen LogP contribution in [0.3, 0.4) is 0 Å². The van der Waals surface area contributed by atoms with Crippen molar-refractivity contribution < 1.29 is 8.42 Å².